The number of nitrogens with one attached hydrogen (secondary N) is 1. The second-order valence-electron chi connectivity index (χ2n) is 4.12. The lowest BCUT2D eigenvalue weighted by Crippen LogP contribution is -2.40. The summed E-state index contributed by atoms with van der Waals surface area (Å²) >= 11 is 7.70. The van der Waals surface area contributed by atoms with Gasteiger partial charge < -0.3 is 9.84 Å². The van der Waals surface area contributed by atoms with Crippen LogP contribution in [-0.2, 0) is 5.75 Å². The Morgan fingerprint density at radius 2 is 2.22 bits per heavy atom. The van der Waals surface area contributed by atoms with Gasteiger partial charge in [-0.1, -0.05) is 28.9 Å². The van der Waals surface area contributed by atoms with Crippen molar-refractivity contribution in [2.45, 2.75) is 16.6 Å². The molecule has 18 heavy (non-hydrogen) atoms. The minimum atomic E-state index is 0.386. The first-order chi connectivity index (χ1) is 8.83. The Balaban J connectivity index is 1.63. The maximum Gasteiger partial charge on any atom is 0.232 e. The van der Waals surface area contributed by atoms with Crippen molar-refractivity contribution in [1.82, 2.24) is 15.5 Å². The molecule has 1 N–H and O–H groups in total. The van der Waals surface area contributed by atoms with Gasteiger partial charge >= 0.3 is 0 Å². The van der Waals surface area contributed by atoms with Crippen molar-refractivity contribution in [1.29, 1.82) is 0 Å². The summed E-state index contributed by atoms with van der Waals surface area (Å²) in [7, 11) is 0. The van der Waals surface area contributed by atoms with Crippen LogP contribution in [0.25, 0.3) is 0 Å². The molecule has 1 saturated heterocycles. The third-order valence-corrected chi connectivity index (χ3v) is 4.32. The van der Waals surface area contributed by atoms with Crippen molar-refractivity contribution in [3.63, 3.8) is 0 Å². The smallest absolute Gasteiger partial charge is 0.232 e. The van der Waals surface area contributed by atoms with Gasteiger partial charge in [0.2, 0.25) is 5.89 Å². The average Bonchev–Trinajstić information content (AvgIpc) is 2.74. The Kier molecular flexibility index (Phi) is 3.54. The number of benzene rings is 1. The van der Waals surface area contributed by atoms with Crippen LogP contribution in [0.2, 0.25) is 5.02 Å². The van der Waals surface area contributed by atoms with Gasteiger partial charge in [0.05, 0.1) is 16.7 Å². The van der Waals surface area contributed by atoms with Crippen LogP contribution in [0.3, 0.4) is 0 Å². The maximum atomic E-state index is 6.08. The number of hydrogen-bond donors (Lipinski definition) is 1. The SMILES string of the molecule is Clc1ccccc1SCc1noc(C2CNC2)n1. The molecule has 0 radical (unpaired) electrons. The standard InChI is InChI=1S/C12H12ClN3OS/c13-9-3-1-2-4-10(9)18-7-11-15-12(17-16-11)8-5-14-6-8/h1-4,8,14H,5-7H2. The van der Waals surface area contributed by atoms with Crippen molar-refractivity contribution in [3.05, 3.63) is 41.0 Å². The van der Waals surface area contributed by atoms with E-state index in [4.69, 9.17) is 16.1 Å². The van der Waals surface area contributed by atoms with Crippen molar-refractivity contribution >= 4 is 23.4 Å². The van der Waals surface area contributed by atoms with Gasteiger partial charge in [0.1, 0.15) is 0 Å². The van der Waals surface area contributed by atoms with Crippen molar-refractivity contribution in [2.75, 3.05) is 13.1 Å². The third-order valence-electron chi connectivity index (χ3n) is 2.81. The Morgan fingerprint density at radius 1 is 1.39 bits per heavy atom. The van der Waals surface area contributed by atoms with Gasteiger partial charge in [0.25, 0.3) is 0 Å². The molecule has 0 spiro atoms. The zero-order chi connectivity index (χ0) is 12.4. The molecule has 3 rings (SSSR count). The summed E-state index contributed by atoms with van der Waals surface area (Å²) < 4.78 is 5.24. The summed E-state index contributed by atoms with van der Waals surface area (Å²) in [6.07, 6.45) is 0. The zero-order valence-corrected chi connectivity index (χ0v) is 11.2. The first kappa shape index (κ1) is 12.0. The number of hydrogen-bond acceptors (Lipinski definition) is 5. The first-order valence-corrected chi connectivity index (χ1v) is 7.10. The lowest BCUT2D eigenvalue weighted by molar-refractivity contribution is 0.306. The lowest BCUT2D eigenvalue weighted by Gasteiger charge is -2.22. The molecule has 1 aromatic carbocycles. The predicted octanol–water partition coefficient (Wildman–Crippen LogP) is 2.70. The molecule has 0 unspecified atom stereocenters. The minimum Gasteiger partial charge on any atom is -0.339 e. The molecule has 2 aromatic rings. The lowest BCUT2D eigenvalue weighted by atomic mass is 10.0. The topological polar surface area (TPSA) is 51.0 Å². The summed E-state index contributed by atoms with van der Waals surface area (Å²) in [5.74, 6) is 2.52. The number of rotatable bonds is 4. The van der Waals surface area contributed by atoms with Gasteiger partial charge in [-0.2, -0.15) is 4.98 Å². The van der Waals surface area contributed by atoms with E-state index in [1.165, 1.54) is 0 Å². The first-order valence-electron chi connectivity index (χ1n) is 5.73. The Morgan fingerprint density at radius 3 is 2.94 bits per heavy atom. The largest absolute Gasteiger partial charge is 0.339 e. The molecular weight excluding hydrogens is 270 g/mol. The molecule has 1 aromatic heterocycles. The number of aromatic nitrogens is 2. The van der Waals surface area contributed by atoms with E-state index in [0.29, 0.717) is 11.7 Å². The molecule has 6 heteroatoms. The van der Waals surface area contributed by atoms with E-state index in [1.54, 1.807) is 11.8 Å². The van der Waals surface area contributed by atoms with E-state index in [1.807, 2.05) is 24.3 Å². The summed E-state index contributed by atoms with van der Waals surface area (Å²) in [5.41, 5.74) is 0. The highest BCUT2D eigenvalue weighted by Crippen LogP contribution is 2.29. The normalized spacial score (nSPS) is 15.6. The Labute approximate surface area is 114 Å². The zero-order valence-electron chi connectivity index (χ0n) is 9.60. The molecule has 0 amide bonds. The van der Waals surface area contributed by atoms with E-state index in [2.05, 4.69) is 15.5 Å². The molecule has 1 aliphatic heterocycles. The monoisotopic (exact) mass is 281 g/mol. The molecule has 2 heterocycles. The van der Waals surface area contributed by atoms with Crippen molar-refractivity contribution in [3.8, 4) is 0 Å². The summed E-state index contributed by atoms with van der Waals surface area (Å²) in [6, 6.07) is 7.76. The molecule has 1 fully saturated rings. The fraction of sp³-hybridized carbons (Fsp3) is 0.333. The highest BCUT2D eigenvalue weighted by atomic mass is 35.5. The fourth-order valence-electron chi connectivity index (χ4n) is 1.66. The summed E-state index contributed by atoms with van der Waals surface area (Å²) in [6.45, 7) is 1.86. The second-order valence-corrected chi connectivity index (χ2v) is 5.55. The van der Waals surface area contributed by atoms with Crippen LogP contribution in [0.15, 0.2) is 33.7 Å². The van der Waals surface area contributed by atoms with E-state index in [9.17, 15) is 0 Å². The van der Waals surface area contributed by atoms with Crippen LogP contribution >= 0.6 is 23.4 Å². The van der Waals surface area contributed by atoms with E-state index >= 15 is 0 Å². The van der Waals surface area contributed by atoms with Crippen molar-refractivity contribution < 1.29 is 4.52 Å². The minimum absolute atomic E-state index is 0.386. The van der Waals surface area contributed by atoms with Crippen molar-refractivity contribution in [2.24, 2.45) is 0 Å². The number of thioether (sulfide) groups is 1. The van der Waals surface area contributed by atoms with Gasteiger partial charge in [-0.25, -0.2) is 0 Å². The summed E-state index contributed by atoms with van der Waals surface area (Å²) in [4.78, 5) is 5.43. The van der Waals surface area contributed by atoms with Crippen LogP contribution in [-0.4, -0.2) is 23.2 Å². The molecule has 0 saturated carbocycles. The quantitative estimate of drug-likeness (QED) is 0.873. The highest BCUT2D eigenvalue weighted by molar-refractivity contribution is 7.98. The molecule has 0 bridgehead atoms. The van der Waals surface area contributed by atoms with Crippen LogP contribution in [0.5, 0.6) is 0 Å². The third kappa shape index (κ3) is 2.53. The van der Waals surface area contributed by atoms with Gasteiger partial charge in [-0.05, 0) is 12.1 Å². The van der Waals surface area contributed by atoms with Gasteiger partial charge in [0.15, 0.2) is 5.82 Å². The molecule has 4 nitrogen and oxygen atoms in total. The van der Waals surface area contributed by atoms with Crippen LogP contribution in [0, 0.1) is 0 Å². The van der Waals surface area contributed by atoms with Crippen LogP contribution < -0.4 is 5.32 Å². The van der Waals surface area contributed by atoms with E-state index in [0.717, 1.165) is 34.7 Å². The van der Waals surface area contributed by atoms with E-state index in [-0.39, 0.29) is 0 Å². The van der Waals surface area contributed by atoms with Gasteiger partial charge in [0, 0.05) is 18.0 Å². The highest BCUT2D eigenvalue weighted by Gasteiger charge is 2.24. The van der Waals surface area contributed by atoms with Crippen LogP contribution in [0.4, 0.5) is 0 Å². The maximum absolute atomic E-state index is 6.08. The number of halogens is 1. The summed E-state index contributed by atoms with van der Waals surface area (Å²) in [5, 5.41) is 7.93. The Hall–Kier alpha value is -1.04. The molecule has 94 valence electrons. The fourth-order valence-corrected chi connectivity index (χ4v) is 2.74. The molecular formula is C12H12ClN3OS. The van der Waals surface area contributed by atoms with Crippen LogP contribution in [0.1, 0.15) is 17.6 Å². The molecule has 1 aliphatic rings. The average molecular weight is 282 g/mol. The second kappa shape index (κ2) is 5.30. The van der Waals surface area contributed by atoms with Gasteiger partial charge in [-0.15, -0.1) is 11.8 Å². The van der Waals surface area contributed by atoms with E-state index < -0.39 is 0 Å². The molecule has 0 aliphatic carbocycles. The molecule has 0 atom stereocenters. The Bertz CT molecular complexity index is 542. The van der Waals surface area contributed by atoms with Gasteiger partial charge in [-0.3, -0.25) is 0 Å². The number of nitrogens with zero attached hydrogens (tertiary/aromatic N) is 2. The predicted molar refractivity (Wildman–Crippen MR) is 70.9 cm³/mol.